The molecule has 1 aliphatic rings. The molecule has 1 amide bonds. The van der Waals surface area contributed by atoms with Gasteiger partial charge in [0, 0.05) is 41.0 Å². The lowest BCUT2D eigenvalue weighted by Gasteiger charge is -2.26. The van der Waals surface area contributed by atoms with Gasteiger partial charge in [-0.05, 0) is 48.5 Å². The van der Waals surface area contributed by atoms with Gasteiger partial charge in [0.2, 0.25) is 0 Å². The monoisotopic (exact) mass is 524 g/mol. The van der Waals surface area contributed by atoms with Gasteiger partial charge in [-0.1, -0.05) is 48.0 Å². The summed E-state index contributed by atoms with van der Waals surface area (Å²) in [6, 6.07) is 26.9. The number of para-hydroxylation sites is 1. The molecule has 1 aliphatic heterocycles. The van der Waals surface area contributed by atoms with Gasteiger partial charge in [-0.3, -0.25) is 4.79 Å². The van der Waals surface area contributed by atoms with Crippen molar-refractivity contribution in [3.8, 4) is 28.8 Å². The lowest BCUT2D eigenvalue weighted by molar-refractivity contribution is -0.130. The zero-order valence-electron chi connectivity index (χ0n) is 20.6. The number of carbonyl (C=O) groups is 1. The molecule has 8 heteroatoms. The topological polar surface area (TPSA) is 80.4 Å². The highest BCUT2D eigenvalue weighted by Crippen LogP contribution is 2.28. The number of benzene rings is 3. The summed E-state index contributed by atoms with van der Waals surface area (Å²) in [5, 5.41) is 15.3. The van der Waals surface area contributed by atoms with E-state index >= 15 is 0 Å². The van der Waals surface area contributed by atoms with Crippen LogP contribution >= 0.6 is 11.6 Å². The molecule has 38 heavy (non-hydrogen) atoms. The first-order valence-electron chi connectivity index (χ1n) is 12.2. The van der Waals surface area contributed by atoms with E-state index in [1.807, 2.05) is 85.1 Å². The molecule has 0 bridgehead atoms. The Bertz CT molecular complexity index is 1480. The second-order valence-corrected chi connectivity index (χ2v) is 9.10. The minimum absolute atomic E-state index is 0.0560. The average molecular weight is 525 g/mol. The molecular weight excluding hydrogens is 500 g/mol. The van der Waals surface area contributed by atoms with Crippen molar-refractivity contribution in [2.24, 2.45) is 0 Å². The van der Waals surface area contributed by atoms with Crippen LogP contribution in [0.1, 0.15) is 11.1 Å². The smallest absolute Gasteiger partial charge is 0.264 e. The summed E-state index contributed by atoms with van der Waals surface area (Å²) in [7, 11) is 0. The Labute approximate surface area is 226 Å². The Kier molecular flexibility index (Phi) is 7.84. The molecule has 0 N–H and O–H groups in total. The molecule has 1 aromatic heterocycles. The van der Waals surface area contributed by atoms with Gasteiger partial charge in [-0.2, -0.15) is 10.4 Å². The SMILES string of the molecule is N#CC(=Cc1cn(-c2ccccc2)nc1-c1ccc(OCc2ccccc2Cl)cc1)C(=O)N1CCOCC1. The van der Waals surface area contributed by atoms with Gasteiger partial charge in [-0.15, -0.1) is 0 Å². The van der Waals surface area contributed by atoms with Crippen LogP contribution in [-0.2, 0) is 16.1 Å². The maximum absolute atomic E-state index is 13.0. The van der Waals surface area contributed by atoms with Crippen LogP contribution in [0.25, 0.3) is 23.0 Å². The molecule has 7 nitrogen and oxygen atoms in total. The fraction of sp³-hybridized carbons (Fsp3) is 0.167. The lowest BCUT2D eigenvalue weighted by atomic mass is 10.1. The summed E-state index contributed by atoms with van der Waals surface area (Å²) < 4.78 is 13.0. The summed E-state index contributed by atoms with van der Waals surface area (Å²) in [5.74, 6) is 0.381. The number of halogens is 1. The van der Waals surface area contributed by atoms with Crippen molar-refractivity contribution in [3.05, 3.63) is 107 Å². The van der Waals surface area contributed by atoms with E-state index in [2.05, 4.69) is 6.07 Å². The van der Waals surface area contributed by atoms with Gasteiger partial charge >= 0.3 is 0 Å². The zero-order chi connectivity index (χ0) is 26.3. The summed E-state index contributed by atoms with van der Waals surface area (Å²) in [4.78, 5) is 14.7. The second kappa shape index (κ2) is 11.8. The van der Waals surface area contributed by atoms with Crippen LogP contribution in [0.4, 0.5) is 0 Å². The average Bonchev–Trinajstić information content (AvgIpc) is 3.40. The van der Waals surface area contributed by atoms with Crippen molar-refractivity contribution >= 4 is 23.6 Å². The van der Waals surface area contributed by atoms with E-state index in [1.165, 1.54) is 0 Å². The standard InChI is InChI=1S/C30H25ClN4O3/c31-28-9-5-4-6-23(28)21-38-27-12-10-22(11-13-27)29-25(20-35(33-29)26-7-2-1-3-8-26)18-24(19-32)30(36)34-14-16-37-17-15-34/h1-13,18,20H,14-17,21H2. The minimum Gasteiger partial charge on any atom is -0.489 e. The number of nitrogens with zero attached hydrogens (tertiary/aromatic N) is 4. The van der Waals surface area contributed by atoms with Crippen LogP contribution in [-0.4, -0.2) is 46.9 Å². The molecule has 0 atom stereocenters. The summed E-state index contributed by atoms with van der Waals surface area (Å²) >= 11 is 6.24. The van der Waals surface area contributed by atoms with Crippen molar-refractivity contribution < 1.29 is 14.3 Å². The van der Waals surface area contributed by atoms with E-state index in [1.54, 1.807) is 15.7 Å². The summed E-state index contributed by atoms with van der Waals surface area (Å²) in [5.41, 5.74) is 3.96. The van der Waals surface area contributed by atoms with Crippen molar-refractivity contribution in [2.75, 3.05) is 26.3 Å². The van der Waals surface area contributed by atoms with E-state index in [4.69, 9.17) is 26.2 Å². The number of ether oxygens (including phenoxy) is 2. The molecule has 1 fully saturated rings. The number of carbonyl (C=O) groups excluding carboxylic acids is 1. The molecule has 190 valence electrons. The molecule has 1 saturated heterocycles. The molecule has 0 unspecified atom stereocenters. The zero-order valence-corrected chi connectivity index (χ0v) is 21.3. The molecule has 3 aromatic carbocycles. The summed E-state index contributed by atoms with van der Waals surface area (Å²) in [6.07, 6.45) is 3.44. The van der Waals surface area contributed by atoms with Crippen LogP contribution < -0.4 is 4.74 Å². The van der Waals surface area contributed by atoms with E-state index in [0.29, 0.717) is 54.9 Å². The van der Waals surface area contributed by atoms with Crippen LogP contribution in [0.5, 0.6) is 5.75 Å². The third kappa shape index (κ3) is 5.78. The van der Waals surface area contributed by atoms with Crippen LogP contribution in [0.3, 0.4) is 0 Å². The fourth-order valence-electron chi connectivity index (χ4n) is 4.15. The van der Waals surface area contributed by atoms with Gasteiger partial charge in [0.15, 0.2) is 0 Å². The van der Waals surface area contributed by atoms with Crippen LogP contribution in [0, 0.1) is 11.3 Å². The Balaban J connectivity index is 1.45. The van der Waals surface area contributed by atoms with E-state index in [9.17, 15) is 10.1 Å². The quantitative estimate of drug-likeness (QED) is 0.234. The van der Waals surface area contributed by atoms with Crippen molar-refractivity contribution in [2.45, 2.75) is 6.61 Å². The number of aromatic nitrogens is 2. The van der Waals surface area contributed by atoms with Crippen molar-refractivity contribution in [1.82, 2.24) is 14.7 Å². The van der Waals surface area contributed by atoms with Crippen LogP contribution in [0.15, 0.2) is 90.6 Å². The molecule has 2 heterocycles. The highest BCUT2D eigenvalue weighted by Gasteiger charge is 2.22. The first kappa shape index (κ1) is 25.3. The predicted molar refractivity (Wildman–Crippen MR) is 146 cm³/mol. The molecule has 0 spiro atoms. The fourth-order valence-corrected chi connectivity index (χ4v) is 4.34. The summed E-state index contributed by atoms with van der Waals surface area (Å²) in [6.45, 7) is 2.21. The normalized spacial score (nSPS) is 13.7. The number of nitriles is 1. The Morgan fingerprint density at radius 1 is 1.03 bits per heavy atom. The molecule has 0 radical (unpaired) electrons. The number of hydrogen-bond donors (Lipinski definition) is 0. The van der Waals surface area contributed by atoms with Crippen LogP contribution in [0.2, 0.25) is 5.02 Å². The Morgan fingerprint density at radius 3 is 2.45 bits per heavy atom. The van der Waals surface area contributed by atoms with Gasteiger partial charge in [0.25, 0.3) is 5.91 Å². The van der Waals surface area contributed by atoms with Crippen molar-refractivity contribution in [1.29, 1.82) is 5.26 Å². The van der Waals surface area contributed by atoms with Gasteiger partial charge in [0.1, 0.15) is 24.0 Å². The van der Waals surface area contributed by atoms with Gasteiger partial charge in [-0.25, -0.2) is 4.68 Å². The van der Waals surface area contributed by atoms with E-state index in [0.717, 1.165) is 16.8 Å². The predicted octanol–water partition coefficient (Wildman–Crippen LogP) is 5.54. The Morgan fingerprint density at radius 2 is 1.74 bits per heavy atom. The lowest BCUT2D eigenvalue weighted by Crippen LogP contribution is -2.41. The third-order valence-corrected chi connectivity index (χ3v) is 6.56. The highest BCUT2D eigenvalue weighted by atomic mass is 35.5. The molecule has 4 aromatic rings. The van der Waals surface area contributed by atoms with Crippen molar-refractivity contribution in [3.63, 3.8) is 0 Å². The first-order chi connectivity index (χ1) is 18.6. The van der Waals surface area contributed by atoms with E-state index in [-0.39, 0.29) is 11.5 Å². The number of morpholine rings is 1. The highest BCUT2D eigenvalue weighted by molar-refractivity contribution is 6.31. The maximum atomic E-state index is 13.0. The minimum atomic E-state index is -0.308. The molecular formula is C30H25ClN4O3. The molecule has 0 aliphatic carbocycles. The maximum Gasteiger partial charge on any atom is 0.264 e. The third-order valence-electron chi connectivity index (χ3n) is 6.19. The molecule has 0 saturated carbocycles. The first-order valence-corrected chi connectivity index (χ1v) is 12.6. The van der Waals surface area contributed by atoms with Gasteiger partial charge in [0.05, 0.1) is 24.6 Å². The van der Waals surface area contributed by atoms with E-state index < -0.39 is 0 Å². The molecule has 5 rings (SSSR count). The number of hydrogen-bond acceptors (Lipinski definition) is 5. The number of rotatable bonds is 7. The number of amides is 1. The Hall–Kier alpha value is -4.38. The largest absolute Gasteiger partial charge is 0.489 e. The second-order valence-electron chi connectivity index (χ2n) is 8.69. The van der Waals surface area contributed by atoms with Gasteiger partial charge < -0.3 is 14.4 Å².